The Morgan fingerprint density at radius 1 is 1.19 bits per heavy atom. The normalized spacial score (nSPS) is 19.3. The second-order valence-electron chi connectivity index (χ2n) is 7.50. The lowest BCUT2D eigenvalue weighted by molar-refractivity contribution is -0.173. The highest BCUT2D eigenvalue weighted by atomic mass is 79.9. The summed E-state index contributed by atoms with van der Waals surface area (Å²) in [6.07, 6.45) is -3.53. The zero-order valence-corrected chi connectivity index (χ0v) is 18.1. The van der Waals surface area contributed by atoms with Crippen LogP contribution in [0.5, 0.6) is 0 Å². The number of benzene rings is 2. The summed E-state index contributed by atoms with van der Waals surface area (Å²) in [7, 11) is 0. The van der Waals surface area contributed by atoms with E-state index in [-0.39, 0.29) is 23.8 Å². The maximum Gasteiger partial charge on any atom is 0.410 e. The number of hydrogen-bond acceptors (Lipinski definition) is 3. The molecule has 0 radical (unpaired) electrons. The van der Waals surface area contributed by atoms with E-state index in [4.69, 9.17) is 0 Å². The predicted molar refractivity (Wildman–Crippen MR) is 115 cm³/mol. The van der Waals surface area contributed by atoms with Crippen LogP contribution in [0.25, 0.3) is 0 Å². The van der Waals surface area contributed by atoms with Crippen molar-refractivity contribution in [3.63, 3.8) is 0 Å². The van der Waals surface area contributed by atoms with Crippen molar-refractivity contribution in [1.29, 1.82) is 0 Å². The van der Waals surface area contributed by atoms with Gasteiger partial charge in [-0.2, -0.15) is 18.3 Å². The molecule has 0 saturated carbocycles. The fourth-order valence-corrected chi connectivity index (χ4v) is 4.01. The molecule has 4 rings (SSSR count). The molecule has 2 heterocycles. The summed E-state index contributed by atoms with van der Waals surface area (Å²) in [6.45, 7) is 1.82. The summed E-state index contributed by atoms with van der Waals surface area (Å²) in [5, 5.41) is 9.86. The third-order valence-corrected chi connectivity index (χ3v) is 5.93. The van der Waals surface area contributed by atoms with E-state index in [1.165, 1.54) is 6.20 Å². The molecule has 1 amide bonds. The molecule has 5 nitrogen and oxygen atoms in total. The van der Waals surface area contributed by atoms with Crippen LogP contribution in [-0.2, 0) is 0 Å². The van der Waals surface area contributed by atoms with Crippen LogP contribution < -0.4 is 10.6 Å². The van der Waals surface area contributed by atoms with Crippen molar-refractivity contribution in [3.05, 3.63) is 82.0 Å². The second kappa shape index (κ2) is 8.37. The molecule has 1 aromatic heterocycles. The van der Waals surface area contributed by atoms with Crippen LogP contribution in [0.3, 0.4) is 0 Å². The molecular weight excluding hydrogens is 473 g/mol. The van der Waals surface area contributed by atoms with Crippen molar-refractivity contribution in [1.82, 2.24) is 15.1 Å². The van der Waals surface area contributed by atoms with Crippen molar-refractivity contribution < 1.29 is 18.0 Å². The standard InChI is InChI=1S/C22H20BrF3N4O/c1-13(14-5-3-2-4-6-14)28-21(31)17-12-27-30-19(22(24,25)26)11-18(29-20(17)30)15-7-9-16(23)10-8-15/h2-10,12-13,18-19,29H,11H2,1H3,(H,28,31)/t13-,18-,19-/m0/s1. The summed E-state index contributed by atoms with van der Waals surface area (Å²) < 4.78 is 43.2. The highest BCUT2D eigenvalue weighted by molar-refractivity contribution is 9.10. The van der Waals surface area contributed by atoms with Gasteiger partial charge in [-0.15, -0.1) is 0 Å². The molecular formula is C22H20BrF3N4O. The number of rotatable bonds is 4. The summed E-state index contributed by atoms with van der Waals surface area (Å²) in [4.78, 5) is 12.9. The Kier molecular flexibility index (Phi) is 5.79. The SMILES string of the molecule is C[C@H](NC(=O)c1cnn2c1N[C@H](c1ccc(Br)cc1)C[C@H]2C(F)(F)F)c1ccccc1. The van der Waals surface area contributed by atoms with E-state index in [0.29, 0.717) is 5.56 Å². The highest BCUT2D eigenvalue weighted by Crippen LogP contribution is 2.44. The third-order valence-electron chi connectivity index (χ3n) is 5.40. The maximum absolute atomic E-state index is 13.8. The van der Waals surface area contributed by atoms with Crippen LogP contribution in [0.1, 0.15) is 53.0 Å². The van der Waals surface area contributed by atoms with E-state index in [9.17, 15) is 18.0 Å². The Morgan fingerprint density at radius 2 is 1.87 bits per heavy atom. The number of carbonyl (C=O) groups excluding carboxylic acids is 1. The Bertz CT molecular complexity index is 1070. The molecule has 2 aromatic carbocycles. The Labute approximate surface area is 185 Å². The lowest BCUT2D eigenvalue weighted by atomic mass is 9.96. The van der Waals surface area contributed by atoms with Gasteiger partial charge in [-0.1, -0.05) is 58.4 Å². The number of aromatic nitrogens is 2. The zero-order chi connectivity index (χ0) is 22.2. The Balaban J connectivity index is 1.65. The molecule has 0 aliphatic carbocycles. The smallest absolute Gasteiger partial charge is 0.363 e. The number of alkyl halides is 3. The van der Waals surface area contributed by atoms with Gasteiger partial charge in [-0.25, -0.2) is 4.68 Å². The number of amides is 1. The number of nitrogens with one attached hydrogen (secondary N) is 2. The average Bonchev–Trinajstić information content (AvgIpc) is 3.17. The van der Waals surface area contributed by atoms with Gasteiger partial charge >= 0.3 is 6.18 Å². The summed E-state index contributed by atoms with van der Waals surface area (Å²) in [5.74, 6) is -0.415. The Morgan fingerprint density at radius 3 is 2.52 bits per heavy atom. The zero-order valence-electron chi connectivity index (χ0n) is 16.5. The molecule has 3 aromatic rings. The van der Waals surface area contributed by atoms with Crippen LogP contribution in [-0.4, -0.2) is 21.9 Å². The van der Waals surface area contributed by atoms with Gasteiger partial charge in [0.25, 0.3) is 5.91 Å². The number of fused-ring (bicyclic) bond motifs is 1. The van der Waals surface area contributed by atoms with Gasteiger partial charge in [0.15, 0.2) is 6.04 Å². The fraction of sp³-hybridized carbons (Fsp3) is 0.273. The summed E-state index contributed by atoms with van der Waals surface area (Å²) >= 11 is 3.34. The Hall–Kier alpha value is -2.81. The van der Waals surface area contributed by atoms with Crippen LogP contribution in [0, 0.1) is 0 Å². The lowest BCUT2D eigenvalue weighted by Gasteiger charge is -2.34. The maximum atomic E-state index is 13.8. The van der Waals surface area contributed by atoms with Crippen molar-refractivity contribution in [3.8, 4) is 0 Å². The lowest BCUT2D eigenvalue weighted by Crippen LogP contribution is -2.36. The third kappa shape index (κ3) is 4.46. The fourth-order valence-electron chi connectivity index (χ4n) is 3.74. The van der Waals surface area contributed by atoms with Crippen molar-refractivity contribution >= 4 is 27.7 Å². The molecule has 0 saturated heterocycles. The van der Waals surface area contributed by atoms with E-state index in [2.05, 4.69) is 31.7 Å². The molecule has 1 aliphatic heterocycles. The molecule has 162 valence electrons. The topological polar surface area (TPSA) is 59.0 Å². The quantitative estimate of drug-likeness (QED) is 0.484. The van der Waals surface area contributed by atoms with E-state index in [0.717, 1.165) is 14.7 Å². The molecule has 9 heteroatoms. The van der Waals surface area contributed by atoms with Gasteiger partial charge in [-0.05, 0) is 30.2 Å². The van der Waals surface area contributed by atoms with Crippen LogP contribution in [0.2, 0.25) is 0 Å². The first kappa shape index (κ1) is 21.4. The molecule has 3 atom stereocenters. The van der Waals surface area contributed by atoms with Gasteiger partial charge in [0, 0.05) is 10.9 Å². The second-order valence-corrected chi connectivity index (χ2v) is 8.41. The average molecular weight is 493 g/mol. The monoisotopic (exact) mass is 492 g/mol. The number of anilines is 1. The predicted octanol–water partition coefficient (Wildman–Crippen LogP) is 5.80. The molecule has 0 spiro atoms. The van der Waals surface area contributed by atoms with Gasteiger partial charge in [-0.3, -0.25) is 4.79 Å². The molecule has 0 fully saturated rings. The minimum absolute atomic E-state index is 0.0688. The van der Waals surface area contributed by atoms with Crippen LogP contribution in [0.4, 0.5) is 19.0 Å². The van der Waals surface area contributed by atoms with Gasteiger partial charge in [0.2, 0.25) is 0 Å². The molecule has 31 heavy (non-hydrogen) atoms. The first-order valence-electron chi connectivity index (χ1n) is 9.76. The first-order valence-corrected chi connectivity index (χ1v) is 10.6. The van der Waals surface area contributed by atoms with Crippen molar-refractivity contribution in [2.45, 2.75) is 37.6 Å². The molecule has 2 N–H and O–H groups in total. The largest absolute Gasteiger partial charge is 0.410 e. The number of carbonyl (C=O) groups is 1. The van der Waals surface area contributed by atoms with Gasteiger partial charge in [0.1, 0.15) is 11.4 Å². The molecule has 0 bridgehead atoms. The minimum Gasteiger partial charge on any atom is -0.363 e. The van der Waals surface area contributed by atoms with E-state index in [1.807, 2.05) is 37.3 Å². The van der Waals surface area contributed by atoms with E-state index >= 15 is 0 Å². The van der Waals surface area contributed by atoms with Crippen LogP contribution in [0.15, 0.2) is 65.3 Å². The van der Waals surface area contributed by atoms with Gasteiger partial charge in [0.05, 0.1) is 18.3 Å². The minimum atomic E-state index is -4.50. The van der Waals surface area contributed by atoms with Gasteiger partial charge < -0.3 is 10.6 Å². The van der Waals surface area contributed by atoms with E-state index in [1.54, 1.807) is 24.3 Å². The number of nitrogens with zero attached hydrogens (tertiary/aromatic N) is 2. The van der Waals surface area contributed by atoms with Crippen LogP contribution >= 0.6 is 15.9 Å². The summed E-state index contributed by atoms with van der Waals surface area (Å²) in [5.41, 5.74) is 1.68. The first-order chi connectivity index (χ1) is 14.7. The van der Waals surface area contributed by atoms with Crippen molar-refractivity contribution in [2.75, 3.05) is 5.32 Å². The molecule has 0 unspecified atom stereocenters. The van der Waals surface area contributed by atoms with Crippen molar-refractivity contribution in [2.24, 2.45) is 0 Å². The summed E-state index contributed by atoms with van der Waals surface area (Å²) in [6, 6.07) is 13.7. The molecule has 1 aliphatic rings. The van der Waals surface area contributed by atoms with E-state index < -0.39 is 24.2 Å². The highest BCUT2D eigenvalue weighted by Gasteiger charge is 2.47. The number of halogens is 4. The number of hydrogen-bond donors (Lipinski definition) is 2.